The first kappa shape index (κ1) is 11.1. The average molecular weight is 245 g/mol. The fourth-order valence-corrected chi connectivity index (χ4v) is 1.89. The minimum Gasteiger partial charge on any atom is -0.469 e. The smallest absolute Gasteiger partial charge is 0.252 e. The lowest BCUT2D eigenvalue weighted by Gasteiger charge is -2.05. The molecule has 0 aliphatic heterocycles. The molecule has 3 rings (SSSR count). The molecule has 5 heteroatoms. The van der Waals surface area contributed by atoms with E-state index in [1.807, 2.05) is 12.1 Å². The summed E-state index contributed by atoms with van der Waals surface area (Å²) in [5, 5.41) is 3.16. The van der Waals surface area contributed by atoms with Crippen LogP contribution in [0.2, 0.25) is 0 Å². The number of hydrogen-bond donors (Lipinski definition) is 2. The van der Waals surface area contributed by atoms with E-state index in [0.29, 0.717) is 18.3 Å². The van der Waals surface area contributed by atoms with Crippen LogP contribution in [-0.4, -0.2) is 16.5 Å². The van der Waals surface area contributed by atoms with Gasteiger partial charge in [-0.15, -0.1) is 0 Å². The molecule has 2 heterocycles. The van der Waals surface area contributed by atoms with E-state index in [-0.39, 0.29) is 5.56 Å². The van der Waals surface area contributed by atoms with Gasteiger partial charge in [-0.05, 0) is 25.0 Å². The molecule has 0 atom stereocenters. The quantitative estimate of drug-likeness (QED) is 0.844. The summed E-state index contributed by atoms with van der Waals surface area (Å²) in [7, 11) is 0. The third kappa shape index (κ3) is 2.61. The van der Waals surface area contributed by atoms with E-state index < -0.39 is 0 Å². The minimum atomic E-state index is -0.0904. The lowest BCUT2D eigenvalue weighted by molar-refractivity contribution is 0.513. The zero-order chi connectivity index (χ0) is 12.4. The summed E-state index contributed by atoms with van der Waals surface area (Å²) >= 11 is 0. The molecule has 18 heavy (non-hydrogen) atoms. The van der Waals surface area contributed by atoms with Gasteiger partial charge < -0.3 is 14.7 Å². The Hall–Kier alpha value is -2.04. The van der Waals surface area contributed by atoms with Gasteiger partial charge in [0, 0.05) is 24.9 Å². The van der Waals surface area contributed by atoms with Crippen LogP contribution < -0.4 is 10.9 Å². The van der Waals surface area contributed by atoms with Crippen LogP contribution in [0.15, 0.2) is 33.7 Å². The number of nitrogens with zero attached hydrogens (tertiary/aromatic N) is 1. The number of hydrogen-bond acceptors (Lipinski definition) is 4. The maximum atomic E-state index is 11.5. The summed E-state index contributed by atoms with van der Waals surface area (Å²) < 4.78 is 5.24. The predicted octanol–water partition coefficient (Wildman–Crippen LogP) is 1.89. The second-order valence-electron chi connectivity index (χ2n) is 4.55. The number of furan rings is 1. The maximum Gasteiger partial charge on any atom is 0.252 e. The molecule has 0 spiro atoms. The third-order valence-electron chi connectivity index (χ3n) is 2.98. The van der Waals surface area contributed by atoms with Crippen molar-refractivity contribution >= 4 is 5.82 Å². The zero-order valence-corrected chi connectivity index (χ0v) is 9.98. The zero-order valence-electron chi connectivity index (χ0n) is 9.98. The number of aromatic amines is 1. The fraction of sp³-hybridized carbons (Fsp3) is 0.385. The Morgan fingerprint density at radius 3 is 3.11 bits per heavy atom. The van der Waals surface area contributed by atoms with Gasteiger partial charge in [0.05, 0.1) is 6.26 Å². The third-order valence-corrected chi connectivity index (χ3v) is 2.98. The number of H-pyrrole nitrogens is 1. The van der Waals surface area contributed by atoms with Gasteiger partial charge in [-0.1, -0.05) is 0 Å². The van der Waals surface area contributed by atoms with E-state index in [2.05, 4.69) is 15.3 Å². The second kappa shape index (κ2) is 4.68. The topological polar surface area (TPSA) is 70.9 Å². The molecule has 0 unspecified atom stereocenters. The van der Waals surface area contributed by atoms with Gasteiger partial charge in [-0.25, -0.2) is 4.98 Å². The van der Waals surface area contributed by atoms with Crippen molar-refractivity contribution < 1.29 is 4.42 Å². The van der Waals surface area contributed by atoms with Gasteiger partial charge >= 0.3 is 0 Å². The van der Waals surface area contributed by atoms with Crippen molar-refractivity contribution in [2.45, 2.75) is 25.2 Å². The van der Waals surface area contributed by atoms with Crippen molar-refractivity contribution in [2.24, 2.45) is 0 Å². The molecule has 1 aliphatic rings. The maximum absolute atomic E-state index is 11.5. The molecule has 0 radical (unpaired) electrons. The first-order valence-electron chi connectivity index (χ1n) is 6.19. The molecule has 2 aromatic rings. The molecule has 94 valence electrons. The molecule has 2 aromatic heterocycles. The molecule has 0 amide bonds. The average Bonchev–Trinajstić information content (AvgIpc) is 3.08. The Kier molecular flexibility index (Phi) is 2.88. The van der Waals surface area contributed by atoms with E-state index in [9.17, 15) is 4.79 Å². The highest BCUT2D eigenvalue weighted by Crippen LogP contribution is 2.37. The number of rotatable bonds is 5. The van der Waals surface area contributed by atoms with Crippen LogP contribution in [0.3, 0.4) is 0 Å². The van der Waals surface area contributed by atoms with Gasteiger partial charge in [0.15, 0.2) is 0 Å². The minimum absolute atomic E-state index is 0.0904. The van der Waals surface area contributed by atoms with Gasteiger partial charge in [0.2, 0.25) is 0 Å². The van der Waals surface area contributed by atoms with Gasteiger partial charge in [0.25, 0.3) is 5.56 Å². The van der Waals surface area contributed by atoms with E-state index in [1.165, 1.54) is 6.07 Å². The van der Waals surface area contributed by atoms with Crippen molar-refractivity contribution in [2.75, 3.05) is 11.9 Å². The molecule has 2 N–H and O–H groups in total. The summed E-state index contributed by atoms with van der Waals surface area (Å²) in [6, 6.07) is 5.29. The standard InChI is InChI=1S/C13H15N3O2/c17-12-8-11(15-13(16-12)9-3-4-9)14-6-5-10-2-1-7-18-10/h1-2,7-9H,3-6H2,(H2,14,15,16,17). The van der Waals surface area contributed by atoms with Crippen molar-refractivity contribution in [3.63, 3.8) is 0 Å². The summed E-state index contributed by atoms with van der Waals surface area (Å²) in [4.78, 5) is 18.7. The van der Waals surface area contributed by atoms with Gasteiger partial charge in [-0.3, -0.25) is 4.79 Å². The molecular formula is C13H15N3O2. The van der Waals surface area contributed by atoms with Crippen LogP contribution in [0.4, 0.5) is 5.82 Å². The van der Waals surface area contributed by atoms with E-state index in [4.69, 9.17) is 4.42 Å². The van der Waals surface area contributed by atoms with Gasteiger partial charge in [-0.2, -0.15) is 0 Å². The van der Waals surface area contributed by atoms with E-state index in [1.54, 1.807) is 6.26 Å². The van der Waals surface area contributed by atoms with E-state index in [0.717, 1.165) is 30.8 Å². The van der Waals surface area contributed by atoms with Crippen LogP contribution in [-0.2, 0) is 6.42 Å². The summed E-state index contributed by atoms with van der Waals surface area (Å²) in [6.07, 6.45) is 4.68. The van der Waals surface area contributed by atoms with Crippen LogP contribution in [0.5, 0.6) is 0 Å². The highest BCUT2D eigenvalue weighted by molar-refractivity contribution is 5.34. The molecule has 0 saturated heterocycles. The molecule has 1 fully saturated rings. The lowest BCUT2D eigenvalue weighted by Crippen LogP contribution is -2.14. The summed E-state index contributed by atoms with van der Waals surface area (Å²) in [5.74, 6) is 2.83. The Bertz CT molecular complexity index is 570. The monoisotopic (exact) mass is 245 g/mol. The molecular weight excluding hydrogens is 230 g/mol. The van der Waals surface area contributed by atoms with Gasteiger partial charge in [0.1, 0.15) is 17.4 Å². The first-order chi connectivity index (χ1) is 8.81. The largest absolute Gasteiger partial charge is 0.469 e. The summed E-state index contributed by atoms with van der Waals surface area (Å²) in [5.41, 5.74) is -0.0904. The van der Waals surface area contributed by atoms with Crippen molar-refractivity contribution in [1.29, 1.82) is 0 Å². The number of aromatic nitrogens is 2. The van der Waals surface area contributed by atoms with Crippen molar-refractivity contribution in [3.8, 4) is 0 Å². The molecule has 0 aromatic carbocycles. The Balaban J connectivity index is 1.63. The Morgan fingerprint density at radius 2 is 2.39 bits per heavy atom. The summed E-state index contributed by atoms with van der Waals surface area (Å²) in [6.45, 7) is 0.702. The molecule has 5 nitrogen and oxygen atoms in total. The SMILES string of the molecule is O=c1cc(NCCc2ccco2)nc(C2CC2)[nH]1. The fourth-order valence-electron chi connectivity index (χ4n) is 1.89. The Morgan fingerprint density at radius 1 is 1.50 bits per heavy atom. The van der Waals surface area contributed by atoms with E-state index >= 15 is 0 Å². The molecule has 0 bridgehead atoms. The van der Waals surface area contributed by atoms with Crippen LogP contribution in [0, 0.1) is 0 Å². The number of anilines is 1. The highest BCUT2D eigenvalue weighted by atomic mass is 16.3. The van der Waals surface area contributed by atoms with Crippen LogP contribution >= 0.6 is 0 Å². The molecule has 1 aliphatic carbocycles. The second-order valence-corrected chi connectivity index (χ2v) is 4.55. The lowest BCUT2D eigenvalue weighted by atomic mass is 10.3. The highest BCUT2D eigenvalue weighted by Gasteiger charge is 2.26. The predicted molar refractivity (Wildman–Crippen MR) is 67.7 cm³/mol. The Labute approximate surface area is 104 Å². The van der Waals surface area contributed by atoms with Crippen LogP contribution in [0.1, 0.15) is 30.3 Å². The van der Waals surface area contributed by atoms with Crippen LogP contribution in [0.25, 0.3) is 0 Å². The van der Waals surface area contributed by atoms with Crippen molar-refractivity contribution in [3.05, 3.63) is 46.4 Å². The van der Waals surface area contributed by atoms with Crippen molar-refractivity contribution in [1.82, 2.24) is 9.97 Å². The molecule has 1 saturated carbocycles. The number of nitrogens with one attached hydrogen (secondary N) is 2. The normalized spacial score (nSPS) is 14.7. The first-order valence-corrected chi connectivity index (χ1v) is 6.19.